The van der Waals surface area contributed by atoms with Crippen molar-refractivity contribution < 1.29 is 9.50 Å². The van der Waals surface area contributed by atoms with Gasteiger partial charge in [-0.3, -0.25) is 0 Å². The van der Waals surface area contributed by atoms with Crippen molar-refractivity contribution in [1.29, 1.82) is 0 Å². The zero-order valence-electron chi connectivity index (χ0n) is 10.00. The predicted molar refractivity (Wildman–Crippen MR) is 67.6 cm³/mol. The van der Waals surface area contributed by atoms with Crippen molar-refractivity contribution in [2.75, 3.05) is 0 Å². The summed E-state index contributed by atoms with van der Waals surface area (Å²) in [5.74, 6) is -0.0256. The van der Waals surface area contributed by atoms with Gasteiger partial charge in [0.2, 0.25) is 0 Å². The summed E-state index contributed by atoms with van der Waals surface area (Å²) in [5.41, 5.74) is 3.86. The molecule has 0 saturated carbocycles. The van der Waals surface area contributed by atoms with E-state index in [1.165, 1.54) is 17.7 Å². The Hall–Kier alpha value is -1.83. The van der Waals surface area contributed by atoms with Crippen LogP contribution in [0.1, 0.15) is 18.1 Å². The van der Waals surface area contributed by atoms with Crippen LogP contribution in [0.5, 0.6) is 5.75 Å². The molecular weight excluding hydrogens is 215 g/mol. The van der Waals surface area contributed by atoms with Crippen LogP contribution in [-0.4, -0.2) is 5.11 Å². The molecule has 0 fully saturated rings. The quantitative estimate of drug-likeness (QED) is 0.824. The van der Waals surface area contributed by atoms with Crippen LogP contribution < -0.4 is 0 Å². The van der Waals surface area contributed by atoms with Gasteiger partial charge in [-0.15, -0.1) is 0 Å². The zero-order chi connectivity index (χ0) is 12.4. The fourth-order valence-corrected chi connectivity index (χ4v) is 1.98. The van der Waals surface area contributed by atoms with Gasteiger partial charge in [0.15, 0.2) is 0 Å². The van der Waals surface area contributed by atoms with E-state index in [2.05, 4.69) is 6.92 Å². The predicted octanol–water partition coefficient (Wildman–Crippen LogP) is 4.07. The number of hydrogen-bond donors (Lipinski definition) is 1. The fourth-order valence-electron chi connectivity index (χ4n) is 1.98. The molecule has 2 aromatic rings. The van der Waals surface area contributed by atoms with E-state index >= 15 is 0 Å². The molecular formula is C15H15FO. The molecule has 0 aliphatic carbocycles. The minimum Gasteiger partial charge on any atom is -0.507 e. The smallest absolute Gasteiger partial charge is 0.123 e. The number of benzene rings is 2. The monoisotopic (exact) mass is 230 g/mol. The molecule has 0 bridgehead atoms. The highest BCUT2D eigenvalue weighted by atomic mass is 19.1. The third-order valence-electron chi connectivity index (χ3n) is 2.99. The van der Waals surface area contributed by atoms with E-state index in [1.54, 1.807) is 18.2 Å². The number of phenolic OH excluding ortho intramolecular Hbond substituents is 1. The summed E-state index contributed by atoms with van der Waals surface area (Å²) in [6.45, 7) is 4.06. The first-order chi connectivity index (χ1) is 8.11. The Kier molecular flexibility index (Phi) is 3.14. The second-order valence-electron chi connectivity index (χ2n) is 4.16. The van der Waals surface area contributed by atoms with Crippen molar-refractivity contribution in [3.63, 3.8) is 0 Å². The minimum absolute atomic E-state index is 0.242. The molecule has 0 saturated heterocycles. The molecule has 0 unspecified atom stereocenters. The molecule has 0 amide bonds. The Morgan fingerprint density at radius 2 is 1.76 bits per heavy atom. The normalized spacial score (nSPS) is 10.5. The lowest BCUT2D eigenvalue weighted by Gasteiger charge is -2.10. The number of phenols is 1. The van der Waals surface area contributed by atoms with E-state index in [4.69, 9.17) is 0 Å². The Balaban J connectivity index is 2.55. The molecule has 1 nitrogen and oxygen atoms in total. The SMILES string of the molecule is CCc1cc(-c2ccc(F)cc2)c(O)cc1C. The number of aryl methyl sites for hydroxylation is 2. The van der Waals surface area contributed by atoms with Crippen LogP contribution in [0.15, 0.2) is 36.4 Å². The Morgan fingerprint density at radius 3 is 2.35 bits per heavy atom. The topological polar surface area (TPSA) is 20.2 Å². The summed E-state index contributed by atoms with van der Waals surface area (Å²) in [5, 5.41) is 9.94. The molecule has 17 heavy (non-hydrogen) atoms. The first-order valence-corrected chi connectivity index (χ1v) is 5.70. The molecule has 0 atom stereocenters. The largest absolute Gasteiger partial charge is 0.507 e. The van der Waals surface area contributed by atoms with Crippen molar-refractivity contribution >= 4 is 0 Å². The van der Waals surface area contributed by atoms with Gasteiger partial charge >= 0.3 is 0 Å². The highest BCUT2D eigenvalue weighted by molar-refractivity contribution is 5.71. The van der Waals surface area contributed by atoms with Crippen LogP contribution >= 0.6 is 0 Å². The maximum Gasteiger partial charge on any atom is 0.123 e. The molecule has 1 N–H and O–H groups in total. The molecule has 88 valence electrons. The van der Waals surface area contributed by atoms with Crippen LogP contribution in [0.4, 0.5) is 4.39 Å². The second kappa shape index (κ2) is 4.58. The van der Waals surface area contributed by atoms with Crippen LogP contribution in [0.2, 0.25) is 0 Å². The second-order valence-corrected chi connectivity index (χ2v) is 4.16. The van der Waals surface area contributed by atoms with Gasteiger partial charge < -0.3 is 5.11 Å². The van der Waals surface area contributed by atoms with Gasteiger partial charge in [-0.1, -0.05) is 19.1 Å². The average molecular weight is 230 g/mol. The van der Waals surface area contributed by atoms with Gasteiger partial charge in [0, 0.05) is 5.56 Å². The van der Waals surface area contributed by atoms with Gasteiger partial charge in [0.05, 0.1) is 0 Å². The van der Waals surface area contributed by atoms with Crippen molar-refractivity contribution in [2.24, 2.45) is 0 Å². The number of halogens is 1. The molecule has 0 aromatic heterocycles. The van der Waals surface area contributed by atoms with E-state index in [0.717, 1.165) is 23.1 Å². The molecule has 2 rings (SSSR count). The van der Waals surface area contributed by atoms with Crippen molar-refractivity contribution in [2.45, 2.75) is 20.3 Å². The Bertz CT molecular complexity index is 529. The number of hydrogen-bond acceptors (Lipinski definition) is 1. The lowest BCUT2D eigenvalue weighted by molar-refractivity contribution is 0.476. The lowest BCUT2D eigenvalue weighted by atomic mass is 9.97. The van der Waals surface area contributed by atoms with Crippen molar-refractivity contribution in [3.8, 4) is 16.9 Å². The Morgan fingerprint density at radius 1 is 1.12 bits per heavy atom. The molecule has 2 aromatic carbocycles. The van der Waals surface area contributed by atoms with E-state index < -0.39 is 0 Å². The van der Waals surface area contributed by atoms with Crippen LogP contribution in [0.25, 0.3) is 11.1 Å². The molecule has 0 spiro atoms. The third-order valence-corrected chi connectivity index (χ3v) is 2.99. The molecule has 0 radical (unpaired) electrons. The van der Waals surface area contributed by atoms with Crippen LogP contribution in [0.3, 0.4) is 0 Å². The van der Waals surface area contributed by atoms with Crippen LogP contribution in [0, 0.1) is 12.7 Å². The number of rotatable bonds is 2. The van der Waals surface area contributed by atoms with Crippen LogP contribution in [-0.2, 0) is 6.42 Å². The summed E-state index contributed by atoms with van der Waals surface area (Å²) in [6, 6.07) is 9.90. The van der Waals surface area contributed by atoms with E-state index in [9.17, 15) is 9.50 Å². The van der Waals surface area contributed by atoms with Gasteiger partial charge in [-0.05, 0) is 54.3 Å². The van der Waals surface area contributed by atoms with Gasteiger partial charge in [0.25, 0.3) is 0 Å². The van der Waals surface area contributed by atoms with Gasteiger partial charge in [-0.25, -0.2) is 4.39 Å². The molecule has 0 aliphatic rings. The lowest BCUT2D eigenvalue weighted by Crippen LogP contribution is -1.89. The molecule has 0 heterocycles. The average Bonchev–Trinajstić information content (AvgIpc) is 2.31. The summed E-state index contributed by atoms with van der Waals surface area (Å²) >= 11 is 0. The molecule has 2 heteroatoms. The third kappa shape index (κ3) is 2.31. The fraction of sp³-hybridized carbons (Fsp3) is 0.200. The summed E-state index contributed by atoms with van der Waals surface area (Å²) in [7, 11) is 0. The minimum atomic E-state index is -0.268. The van der Waals surface area contributed by atoms with E-state index in [0.29, 0.717) is 0 Å². The highest BCUT2D eigenvalue weighted by Gasteiger charge is 2.07. The summed E-state index contributed by atoms with van der Waals surface area (Å²) < 4.78 is 12.9. The van der Waals surface area contributed by atoms with Crippen molar-refractivity contribution in [3.05, 3.63) is 53.3 Å². The van der Waals surface area contributed by atoms with E-state index in [-0.39, 0.29) is 11.6 Å². The first-order valence-electron chi connectivity index (χ1n) is 5.70. The maximum atomic E-state index is 12.9. The first kappa shape index (κ1) is 11.6. The van der Waals surface area contributed by atoms with E-state index in [1.807, 2.05) is 13.0 Å². The van der Waals surface area contributed by atoms with Crippen molar-refractivity contribution in [1.82, 2.24) is 0 Å². The van der Waals surface area contributed by atoms with Gasteiger partial charge in [0.1, 0.15) is 11.6 Å². The standard InChI is InChI=1S/C15H15FO/c1-3-11-9-14(15(17)8-10(11)2)12-4-6-13(16)7-5-12/h4-9,17H,3H2,1-2H3. The zero-order valence-corrected chi connectivity index (χ0v) is 10.00. The summed E-state index contributed by atoms with van der Waals surface area (Å²) in [6.07, 6.45) is 0.917. The highest BCUT2D eigenvalue weighted by Crippen LogP contribution is 2.32. The summed E-state index contributed by atoms with van der Waals surface area (Å²) in [4.78, 5) is 0. The maximum absolute atomic E-state index is 12.9. The Labute approximate surface area is 101 Å². The van der Waals surface area contributed by atoms with Gasteiger partial charge in [-0.2, -0.15) is 0 Å². The molecule has 0 aliphatic heterocycles. The number of aromatic hydroxyl groups is 1.